The quantitative estimate of drug-likeness (QED) is 0.411. The van der Waals surface area contributed by atoms with Crippen LogP contribution in [0, 0.1) is 0 Å². The molecule has 182 valence electrons. The standard InChI is InChI=1S/C22H22F4N4O4/c1-13(31)28-15-5-7-16(8-6-15)29-20(32)17-3-2-10-30(17)27-12-14-4-9-18(33-21(23)24)19(11-14)34-22(25)26/h4-9,11-12,17,21-22H,2-3,10H2,1H3,(H,28,31)(H,29,32)/b27-12+/t17-/m0/s1. The van der Waals surface area contributed by atoms with E-state index in [0.717, 1.165) is 12.1 Å². The highest BCUT2D eigenvalue weighted by molar-refractivity contribution is 5.95. The van der Waals surface area contributed by atoms with E-state index < -0.39 is 30.8 Å². The largest absolute Gasteiger partial charge is 0.431 e. The number of amides is 2. The first kappa shape index (κ1) is 24.8. The van der Waals surface area contributed by atoms with Crippen LogP contribution in [-0.4, -0.2) is 48.8 Å². The molecule has 8 nitrogen and oxygen atoms in total. The van der Waals surface area contributed by atoms with Crippen molar-refractivity contribution in [1.29, 1.82) is 0 Å². The molecule has 1 aliphatic heterocycles. The van der Waals surface area contributed by atoms with E-state index >= 15 is 0 Å². The van der Waals surface area contributed by atoms with Crippen LogP contribution in [0.1, 0.15) is 25.3 Å². The number of hydrogen-bond acceptors (Lipinski definition) is 6. The number of halogens is 4. The van der Waals surface area contributed by atoms with Gasteiger partial charge in [0, 0.05) is 24.8 Å². The van der Waals surface area contributed by atoms with Crippen LogP contribution in [0.25, 0.3) is 0 Å². The summed E-state index contributed by atoms with van der Waals surface area (Å²) in [6.07, 6.45) is 2.57. The molecule has 0 unspecified atom stereocenters. The summed E-state index contributed by atoms with van der Waals surface area (Å²) in [6.45, 7) is -4.55. The van der Waals surface area contributed by atoms with Gasteiger partial charge in [-0.25, -0.2) is 0 Å². The minimum Gasteiger partial charge on any atom is -0.431 e. The number of carbonyl (C=O) groups excluding carboxylic acids is 2. The molecule has 2 aromatic rings. The third-order valence-electron chi connectivity index (χ3n) is 4.76. The van der Waals surface area contributed by atoms with Gasteiger partial charge in [0.1, 0.15) is 6.04 Å². The van der Waals surface area contributed by atoms with Crippen molar-refractivity contribution in [2.45, 2.75) is 39.0 Å². The van der Waals surface area contributed by atoms with Crippen LogP contribution in [-0.2, 0) is 9.59 Å². The fourth-order valence-electron chi connectivity index (χ4n) is 3.35. The van der Waals surface area contributed by atoms with Gasteiger partial charge in [-0.3, -0.25) is 14.6 Å². The number of carbonyl (C=O) groups is 2. The third kappa shape index (κ3) is 7.09. The molecule has 1 heterocycles. The van der Waals surface area contributed by atoms with E-state index in [1.807, 2.05) is 0 Å². The zero-order chi connectivity index (χ0) is 24.7. The summed E-state index contributed by atoms with van der Waals surface area (Å²) in [5.74, 6) is -1.59. The Balaban J connectivity index is 1.67. The lowest BCUT2D eigenvalue weighted by molar-refractivity contribution is -0.120. The Morgan fingerprint density at radius 3 is 2.24 bits per heavy atom. The van der Waals surface area contributed by atoms with Crippen LogP contribution in [0.15, 0.2) is 47.6 Å². The molecular formula is C22H22F4N4O4. The van der Waals surface area contributed by atoms with E-state index in [1.165, 1.54) is 19.2 Å². The molecule has 2 N–H and O–H groups in total. The van der Waals surface area contributed by atoms with Gasteiger partial charge in [0.25, 0.3) is 0 Å². The number of rotatable bonds is 9. The molecule has 2 amide bonds. The molecule has 1 aliphatic rings. The second kappa shape index (κ2) is 11.3. The lowest BCUT2D eigenvalue weighted by Crippen LogP contribution is -2.36. The van der Waals surface area contributed by atoms with Gasteiger partial charge in [-0.05, 0) is 60.9 Å². The SMILES string of the molecule is CC(=O)Nc1ccc(NC(=O)[C@@H]2CCCN2/N=C/c2ccc(OC(F)F)c(OC(F)F)c2)cc1. The van der Waals surface area contributed by atoms with Crippen LogP contribution >= 0.6 is 0 Å². The average molecular weight is 482 g/mol. The van der Waals surface area contributed by atoms with E-state index in [0.29, 0.717) is 30.8 Å². The molecule has 1 fully saturated rings. The van der Waals surface area contributed by atoms with E-state index in [2.05, 4.69) is 25.2 Å². The summed E-state index contributed by atoms with van der Waals surface area (Å²) in [6, 6.07) is 9.56. The Morgan fingerprint density at radius 1 is 1.00 bits per heavy atom. The van der Waals surface area contributed by atoms with Crippen LogP contribution in [0.2, 0.25) is 0 Å². The zero-order valence-electron chi connectivity index (χ0n) is 18.0. The van der Waals surface area contributed by atoms with Gasteiger partial charge in [-0.1, -0.05) is 0 Å². The molecule has 0 aliphatic carbocycles. The van der Waals surface area contributed by atoms with Crippen molar-refractivity contribution in [3.05, 3.63) is 48.0 Å². The fraction of sp³-hybridized carbons (Fsp3) is 0.318. The van der Waals surface area contributed by atoms with E-state index in [-0.39, 0.29) is 17.4 Å². The number of hydrazone groups is 1. The molecule has 12 heteroatoms. The number of alkyl halides is 4. The first-order chi connectivity index (χ1) is 16.2. The van der Waals surface area contributed by atoms with Crippen LogP contribution in [0.4, 0.5) is 28.9 Å². The van der Waals surface area contributed by atoms with Crippen molar-refractivity contribution in [1.82, 2.24) is 5.01 Å². The first-order valence-electron chi connectivity index (χ1n) is 10.2. The van der Waals surface area contributed by atoms with Gasteiger partial charge in [0.05, 0.1) is 6.21 Å². The summed E-state index contributed by atoms with van der Waals surface area (Å²) in [7, 11) is 0. The number of nitrogens with one attached hydrogen (secondary N) is 2. The molecule has 1 atom stereocenters. The number of ether oxygens (including phenoxy) is 2. The normalized spacial score (nSPS) is 15.7. The first-order valence-corrected chi connectivity index (χ1v) is 10.2. The predicted molar refractivity (Wildman–Crippen MR) is 116 cm³/mol. The Hall–Kier alpha value is -3.83. The molecule has 34 heavy (non-hydrogen) atoms. The van der Waals surface area contributed by atoms with E-state index in [9.17, 15) is 27.2 Å². The monoisotopic (exact) mass is 482 g/mol. The van der Waals surface area contributed by atoms with Crippen LogP contribution in [0.5, 0.6) is 11.5 Å². The molecule has 0 aromatic heterocycles. The lowest BCUT2D eigenvalue weighted by Gasteiger charge is -2.21. The summed E-state index contributed by atoms with van der Waals surface area (Å²) in [5.41, 5.74) is 1.42. The maximum Gasteiger partial charge on any atom is 0.387 e. The van der Waals surface area contributed by atoms with Crippen molar-refractivity contribution >= 4 is 29.4 Å². The second-order valence-corrected chi connectivity index (χ2v) is 7.28. The minimum atomic E-state index is -3.23. The lowest BCUT2D eigenvalue weighted by atomic mass is 10.2. The third-order valence-corrected chi connectivity index (χ3v) is 4.76. The molecule has 0 bridgehead atoms. The Bertz CT molecular complexity index is 1030. The maximum atomic E-state index is 12.7. The van der Waals surface area contributed by atoms with Gasteiger partial charge in [-0.15, -0.1) is 0 Å². The smallest absolute Gasteiger partial charge is 0.387 e. The van der Waals surface area contributed by atoms with Crippen molar-refractivity contribution in [2.24, 2.45) is 5.10 Å². The van der Waals surface area contributed by atoms with Crippen molar-refractivity contribution in [3.63, 3.8) is 0 Å². The number of hydrogen-bond donors (Lipinski definition) is 2. The van der Waals surface area contributed by atoms with Gasteiger partial charge in [-0.2, -0.15) is 22.7 Å². The second-order valence-electron chi connectivity index (χ2n) is 7.28. The highest BCUT2D eigenvalue weighted by Gasteiger charge is 2.30. The maximum absolute atomic E-state index is 12.7. The van der Waals surface area contributed by atoms with Crippen LogP contribution < -0.4 is 20.1 Å². The Morgan fingerprint density at radius 2 is 1.62 bits per heavy atom. The summed E-state index contributed by atoms with van der Waals surface area (Å²) < 4.78 is 58.7. The Labute approximate surface area is 192 Å². The Kier molecular flexibility index (Phi) is 8.28. The van der Waals surface area contributed by atoms with Gasteiger partial charge in [0.15, 0.2) is 11.5 Å². The van der Waals surface area contributed by atoms with Crippen molar-refractivity contribution < 1.29 is 36.6 Å². The molecule has 0 radical (unpaired) electrons. The van der Waals surface area contributed by atoms with Crippen molar-refractivity contribution in [3.8, 4) is 11.5 Å². The van der Waals surface area contributed by atoms with Gasteiger partial charge in [0.2, 0.25) is 11.8 Å². The summed E-state index contributed by atoms with van der Waals surface area (Å²) >= 11 is 0. The fourth-order valence-corrected chi connectivity index (χ4v) is 3.35. The topological polar surface area (TPSA) is 92.3 Å². The number of benzene rings is 2. The van der Waals surface area contributed by atoms with Gasteiger partial charge < -0.3 is 20.1 Å². The summed E-state index contributed by atoms with van der Waals surface area (Å²) in [4.78, 5) is 23.8. The molecule has 3 rings (SSSR count). The number of anilines is 2. The molecule has 2 aromatic carbocycles. The van der Waals surface area contributed by atoms with E-state index in [4.69, 9.17) is 0 Å². The highest BCUT2D eigenvalue weighted by Crippen LogP contribution is 2.31. The van der Waals surface area contributed by atoms with Crippen molar-refractivity contribution in [2.75, 3.05) is 17.2 Å². The molecular weight excluding hydrogens is 460 g/mol. The predicted octanol–water partition coefficient (Wildman–Crippen LogP) is 4.28. The average Bonchev–Trinajstić information content (AvgIpc) is 3.23. The van der Waals surface area contributed by atoms with Crippen LogP contribution in [0.3, 0.4) is 0 Å². The molecule has 1 saturated heterocycles. The minimum absolute atomic E-state index is 0.208. The summed E-state index contributed by atoms with van der Waals surface area (Å²) in [5, 5.41) is 11.2. The number of nitrogens with zero attached hydrogens (tertiary/aromatic N) is 2. The van der Waals surface area contributed by atoms with Gasteiger partial charge >= 0.3 is 13.2 Å². The highest BCUT2D eigenvalue weighted by atomic mass is 19.3. The molecule has 0 spiro atoms. The van der Waals surface area contributed by atoms with E-state index in [1.54, 1.807) is 29.3 Å². The molecule has 0 saturated carbocycles. The zero-order valence-corrected chi connectivity index (χ0v) is 18.0.